The maximum atomic E-state index is 13.1. The molecule has 7 heteroatoms. The number of nitrogens with zero attached hydrogens (tertiary/aromatic N) is 1. The molecule has 1 saturated heterocycles. The van der Waals surface area contributed by atoms with Gasteiger partial charge in [0.1, 0.15) is 6.61 Å². The van der Waals surface area contributed by atoms with E-state index in [1.54, 1.807) is 4.90 Å². The number of nitrogens with one attached hydrogen (secondary N) is 1. The Kier molecular flexibility index (Phi) is 6.75. The molecule has 2 aromatic rings. The summed E-state index contributed by atoms with van der Waals surface area (Å²) in [5.74, 6) is -1.47. The molecule has 2 aliphatic carbocycles. The summed E-state index contributed by atoms with van der Waals surface area (Å²) in [7, 11) is 0. The molecule has 3 aliphatic rings. The van der Waals surface area contributed by atoms with Crippen LogP contribution in [0.4, 0.5) is 4.79 Å². The quantitative estimate of drug-likeness (QED) is 0.667. The third-order valence-electron chi connectivity index (χ3n) is 7.77. The molecule has 5 rings (SSSR count). The van der Waals surface area contributed by atoms with Gasteiger partial charge in [0.25, 0.3) is 0 Å². The van der Waals surface area contributed by atoms with E-state index in [1.807, 2.05) is 24.3 Å². The van der Waals surface area contributed by atoms with Crippen LogP contribution in [-0.4, -0.2) is 53.7 Å². The molecule has 0 radical (unpaired) electrons. The maximum Gasteiger partial charge on any atom is 0.407 e. The van der Waals surface area contributed by atoms with Crippen molar-refractivity contribution in [3.8, 4) is 11.1 Å². The summed E-state index contributed by atoms with van der Waals surface area (Å²) < 4.78 is 5.68. The third-order valence-corrected chi connectivity index (χ3v) is 7.77. The van der Waals surface area contributed by atoms with Crippen LogP contribution in [0.1, 0.15) is 55.6 Å². The number of carbonyl (C=O) groups is 3. The maximum absolute atomic E-state index is 13.1. The minimum Gasteiger partial charge on any atom is -0.481 e. The fourth-order valence-corrected chi connectivity index (χ4v) is 5.99. The van der Waals surface area contributed by atoms with Crippen LogP contribution >= 0.6 is 0 Å². The molecular formula is C28H32N2O5. The second kappa shape index (κ2) is 10.1. The zero-order valence-electron chi connectivity index (χ0n) is 19.8. The number of carboxylic acids is 1. The minimum absolute atomic E-state index is 0.00937. The number of likely N-dealkylation sites (tertiary alicyclic amines) is 1. The number of amides is 2. The topological polar surface area (TPSA) is 95.9 Å². The molecule has 7 nitrogen and oxygen atoms in total. The Hall–Kier alpha value is -3.35. The van der Waals surface area contributed by atoms with Gasteiger partial charge in [-0.1, -0.05) is 55.0 Å². The summed E-state index contributed by atoms with van der Waals surface area (Å²) in [6, 6.07) is 16.4. The molecule has 1 heterocycles. The van der Waals surface area contributed by atoms with E-state index in [4.69, 9.17) is 4.74 Å². The van der Waals surface area contributed by atoms with Crippen LogP contribution in [-0.2, 0) is 14.3 Å². The van der Waals surface area contributed by atoms with E-state index in [-0.39, 0.29) is 36.9 Å². The van der Waals surface area contributed by atoms with Gasteiger partial charge in [-0.2, -0.15) is 0 Å². The van der Waals surface area contributed by atoms with Crippen LogP contribution < -0.4 is 5.32 Å². The predicted octanol–water partition coefficient (Wildman–Crippen LogP) is 4.41. The number of fused-ring (bicyclic) bond motifs is 3. The Morgan fingerprint density at radius 1 is 0.914 bits per heavy atom. The van der Waals surface area contributed by atoms with Crippen molar-refractivity contribution in [2.45, 2.75) is 50.5 Å². The predicted molar refractivity (Wildman–Crippen MR) is 131 cm³/mol. The number of carboxylic acid groups (broad SMARTS) is 1. The van der Waals surface area contributed by atoms with Gasteiger partial charge in [-0.3, -0.25) is 9.59 Å². The summed E-state index contributed by atoms with van der Waals surface area (Å²) in [6.45, 7) is 1.16. The molecule has 0 spiro atoms. The van der Waals surface area contributed by atoms with E-state index in [9.17, 15) is 19.5 Å². The second-order valence-corrected chi connectivity index (χ2v) is 9.99. The fourth-order valence-electron chi connectivity index (χ4n) is 5.99. The SMILES string of the molecule is O=C(N[C@@H]1CCC[C@H](C(=O)N2CCCC(C(=O)O)C2)C1)OCC1c2ccccc2-c2ccccc21. The summed E-state index contributed by atoms with van der Waals surface area (Å²) in [5, 5.41) is 12.3. The van der Waals surface area contributed by atoms with E-state index >= 15 is 0 Å². The van der Waals surface area contributed by atoms with Crippen LogP contribution in [0.25, 0.3) is 11.1 Å². The van der Waals surface area contributed by atoms with Gasteiger partial charge in [-0.25, -0.2) is 4.79 Å². The Morgan fingerprint density at radius 2 is 1.57 bits per heavy atom. The Morgan fingerprint density at radius 3 is 2.26 bits per heavy atom. The molecule has 184 valence electrons. The number of aliphatic carboxylic acids is 1. The van der Waals surface area contributed by atoms with Crippen molar-refractivity contribution in [3.05, 3.63) is 59.7 Å². The van der Waals surface area contributed by atoms with Gasteiger partial charge in [-0.05, 0) is 54.4 Å². The average molecular weight is 477 g/mol. The molecule has 2 aromatic carbocycles. The van der Waals surface area contributed by atoms with Crippen LogP contribution in [0.2, 0.25) is 0 Å². The van der Waals surface area contributed by atoms with Gasteiger partial charge in [0, 0.05) is 31.0 Å². The molecule has 0 aromatic heterocycles. The van der Waals surface area contributed by atoms with Gasteiger partial charge in [0.05, 0.1) is 5.92 Å². The van der Waals surface area contributed by atoms with Crippen molar-refractivity contribution >= 4 is 18.0 Å². The van der Waals surface area contributed by atoms with Gasteiger partial charge in [0.15, 0.2) is 0 Å². The Labute approximate surface area is 205 Å². The highest BCUT2D eigenvalue weighted by Gasteiger charge is 2.35. The monoisotopic (exact) mass is 476 g/mol. The number of benzene rings is 2. The largest absolute Gasteiger partial charge is 0.481 e. The Bertz CT molecular complexity index is 1070. The average Bonchev–Trinajstić information content (AvgIpc) is 3.21. The van der Waals surface area contributed by atoms with Crippen molar-refractivity contribution in [1.29, 1.82) is 0 Å². The first kappa shape index (κ1) is 23.4. The van der Waals surface area contributed by atoms with E-state index in [0.717, 1.165) is 25.7 Å². The highest BCUT2D eigenvalue weighted by Crippen LogP contribution is 2.44. The van der Waals surface area contributed by atoms with Gasteiger partial charge in [-0.15, -0.1) is 0 Å². The third kappa shape index (κ3) is 4.90. The molecule has 35 heavy (non-hydrogen) atoms. The van der Waals surface area contributed by atoms with Crippen LogP contribution in [0.15, 0.2) is 48.5 Å². The zero-order valence-corrected chi connectivity index (χ0v) is 19.8. The molecule has 1 unspecified atom stereocenters. The smallest absolute Gasteiger partial charge is 0.407 e. The standard InChI is InChI=1S/C28H32N2O5/c31-26(30-14-6-8-19(16-30)27(32)33)18-7-5-9-20(15-18)29-28(34)35-17-25-23-12-3-1-10-21(23)22-11-2-4-13-24(22)25/h1-4,10-13,18-20,25H,5-9,14-17H2,(H,29,34)(H,32,33)/t18-,19?,20+/m0/s1. The molecule has 3 atom stereocenters. The van der Waals surface area contributed by atoms with Crippen LogP contribution in [0.5, 0.6) is 0 Å². The molecule has 1 aliphatic heterocycles. The highest BCUT2D eigenvalue weighted by molar-refractivity contribution is 5.81. The Balaban J connectivity index is 1.16. The summed E-state index contributed by atoms with van der Waals surface area (Å²) in [6.07, 6.45) is 3.89. The normalized spacial score (nSPS) is 23.8. The molecule has 2 amide bonds. The van der Waals surface area contributed by atoms with Crippen molar-refractivity contribution in [1.82, 2.24) is 10.2 Å². The first-order chi connectivity index (χ1) is 17.0. The highest BCUT2D eigenvalue weighted by atomic mass is 16.5. The van der Waals surface area contributed by atoms with E-state index in [2.05, 4.69) is 29.6 Å². The van der Waals surface area contributed by atoms with Crippen molar-refractivity contribution in [3.63, 3.8) is 0 Å². The van der Waals surface area contributed by atoms with Crippen molar-refractivity contribution in [2.24, 2.45) is 11.8 Å². The van der Waals surface area contributed by atoms with E-state index < -0.39 is 18.0 Å². The van der Waals surface area contributed by atoms with Crippen molar-refractivity contribution in [2.75, 3.05) is 19.7 Å². The van der Waals surface area contributed by atoms with Crippen molar-refractivity contribution < 1.29 is 24.2 Å². The lowest BCUT2D eigenvalue weighted by atomic mass is 9.84. The van der Waals surface area contributed by atoms with Crippen LogP contribution in [0, 0.1) is 11.8 Å². The lowest BCUT2D eigenvalue weighted by molar-refractivity contribution is -0.147. The van der Waals surface area contributed by atoms with E-state index in [0.29, 0.717) is 19.4 Å². The van der Waals surface area contributed by atoms with Crippen LogP contribution in [0.3, 0.4) is 0 Å². The first-order valence-electron chi connectivity index (χ1n) is 12.6. The number of carbonyl (C=O) groups excluding carboxylic acids is 2. The summed E-state index contributed by atoms with van der Waals surface area (Å²) >= 11 is 0. The number of rotatable bonds is 5. The van der Waals surface area contributed by atoms with Gasteiger partial charge < -0.3 is 20.1 Å². The molecule has 2 N–H and O–H groups in total. The minimum atomic E-state index is -0.832. The van der Waals surface area contributed by atoms with Gasteiger partial charge >= 0.3 is 12.1 Å². The second-order valence-electron chi connectivity index (χ2n) is 9.99. The first-order valence-corrected chi connectivity index (χ1v) is 12.6. The number of hydrogen-bond acceptors (Lipinski definition) is 4. The molecule has 1 saturated carbocycles. The number of piperidine rings is 1. The molecule has 2 fully saturated rings. The van der Waals surface area contributed by atoms with Gasteiger partial charge in [0.2, 0.25) is 5.91 Å². The fraction of sp³-hybridized carbons (Fsp3) is 0.464. The summed E-state index contributed by atoms with van der Waals surface area (Å²) in [4.78, 5) is 38.8. The summed E-state index contributed by atoms with van der Waals surface area (Å²) in [5.41, 5.74) is 4.72. The van der Waals surface area contributed by atoms with E-state index in [1.165, 1.54) is 22.3 Å². The lowest BCUT2D eigenvalue weighted by Gasteiger charge is -2.36. The number of hydrogen-bond donors (Lipinski definition) is 2. The lowest BCUT2D eigenvalue weighted by Crippen LogP contribution is -2.47. The molecular weight excluding hydrogens is 444 g/mol. The number of ether oxygens (including phenoxy) is 1. The zero-order chi connectivity index (χ0) is 24.4. The number of alkyl carbamates (subject to hydrolysis) is 1. The molecule has 0 bridgehead atoms.